The third kappa shape index (κ3) is 4.15. The zero-order valence-electron chi connectivity index (χ0n) is 17.8. The summed E-state index contributed by atoms with van der Waals surface area (Å²) in [5.74, 6) is 1.37. The van der Waals surface area contributed by atoms with Crippen molar-refractivity contribution in [1.29, 1.82) is 0 Å². The molecule has 1 atom stereocenters. The Morgan fingerprint density at radius 1 is 1.06 bits per heavy atom. The zero-order valence-corrected chi connectivity index (χ0v) is 17.8. The molecule has 4 aromatic rings. The van der Waals surface area contributed by atoms with Crippen LogP contribution in [-0.2, 0) is 4.79 Å². The minimum atomic E-state index is 0.235. The van der Waals surface area contributed by atoms with E-state index in [9.17, 15) is 4.79 Å². The van der Waals surface area contributed by atoms with Gasteiger partial charge in [0.1, 0.15) is 12.1 Å². The van der Waals surface area contributed by atoms with E-state index in [0.29, 0.717) is 5.95 Å². The molecule has 162 valence electrons. The summed E-state index contributed by atoms with van der Waals surface area (Å²) in [4.78, 5) is 35.9. The van der Waals surface area contributed by atoms with E-state index in [1.54, 1.807) is 12.5 Å². The number of piperazine rings is 1. The van der Waals surface area contributed by atoms with E-state index in [1.807, 2.05) is 41.4 Å². The second-order valence-electron chi connectivity index (χ2n) is 7.86. The summed E-state index contributed by atoms with van der Waals surface area (Å²) in [7, 11) is 0. The van der Waals surface area contributed by atoms with Crippen molar-refractivity contribution >= 4 is 29.2 Å². The minimum absolute atomic E-state index is 0.235. The molecule has 1 aliphatic rings. The molecule has 1 saturated heterocycles. The van der Waals surface area contributed by atoms with Crippen molar-refractivity contribution in [2.45, 2.75) is 13.0 Å². The van der Waals surface area contributed by atoms with Crippen LogP contribution in [0.3, 0.4) is 0 Å². The van der Waals surface area contributed by atoms with Crippen LogP contribution in [0.5, 0.6) is 0 Å². The van der Waals surface area contributed by atoms with Gasteiger partial charge in [0.05, 0.1) is 16.7 Å². The van der Waals surface area contributed by atoms with Gasteiger partial charge in [-0.2, -0.15) is 0 Å². The van der Waals surface area contributed by atoms with Gasteiger partial charge in [0.25, 0.3) is 0 Å². The first kappa shape index (κ1) is 20.1. The first-order chi connectivity index (χ1) is 15.7. The van der Waals surface area contributed by atoms with E-state index >= 15 is 0 Å². The van der Waals surface area contributed by atoms with E-state index < -0.39 is 0 Å². The lowest BCUT2D eigenvalue weighted by molar-refractivity contribution is -0.120. The monoisotopic (exact) mass is 428 g/mol. The quantitative estimate of drug-likeness (QED) is 0.455. The Hall–Kier alpha value is -3.85. The fourth-order valence-corrected chi connectivity index (χ4v) is 4.03. The number of imidazole rings is 1. The molecule has 5 rings (SSSR count). The number of aromatic nitrogens is 5. The van der Waals surface area contributed by atoms with Crippen molar-refractivity contribution < 1.29 is 4.79 Å². The number of hydrogen-bond donors (Lipinski definition) is 2. The number of nitrogens with zero attached hydrogens (tertiary/aromatic N) is 6. The molecule has 0 saturated carbocycles. The summed E-state index contributed by atoms with van der Waals surface area (Å²) in [5.41, 5.74) is 4.82. The van der Waals surface area contributed by atoms with Crippen LogP contribution in [0, 0.1) is 0 Å². The number of aromatic amines is 1. The number of H-pyrrole nitrogens is 1. The maximum Gasteiger partial charge on any atom is 0.209 e. The first-order valence-corrected chi connectivity index (χ1v) is 10.6. The second kappa shape index (κ2) is 8.72. The van der Waals surface area contributed by atoms with Crippen molar-refractivity contribution in [3.63, 3.8) is 0 Å². The van der Waals surface area contributed by atoms with Gasteiger partial charge in [-0.15, -0.1) is 0 Å². The normalized spacial score (nSPS) is 15.6. The van der Waals surface area contributed by atoms with Gasteiger partial charge in [-0.1, -0.05) is 6.07 Å². The summed E-state index contributed by atoms with van der Waals surface area (Å²) < 4.78 is 0. The number of hydrogen-bond acceptors (Lipinski definition) is 7. The predicted octanol–water partition coefficient (Wildman–Crippen LogP) is 2.99. The standard InChI is InChI=1S/C23H24N8O/c1-16(31-10-8-30(15-32)9-11-31)17-4-7-25-22(13-17)29-23-27-20-3-2-18(12-21(20)28-23)19-5-6-24-14-26-19/h2-7,12-16H,8-11H2,1H3,(H2,25,27,28,29)/t16-/m0/s1. The summed E-state index contributed by atoms with van der Waals surface area (Å²) in [5, 5.41) is 3.29. The molecular formula is C23H24N8O. The molecule has 0 spiro atoms. The van der Waals surface area contributed by atoms with Crippen LogP contribution in [0.25, 0.3) is 22.3 Å². The van der Waals surface area contributed by atoms with E-state index in [2.05, 4.69) is 48.1 Å². The Morgan fingerprint density at radius 2 is 1.94 bits per heavy atom. The van der Waals surface area contributed by atoms with Crippen LogP contribution < -0.4 is 5.32 Å². The maximum atomic E-state index is 11.0. The molecule has 0 radical (unpaired) electrons. The molecule has 4 heterocycles. The van der Waals surface area contributed by atoms with Crippen LogP contribution in [-0.4, -0.2) is 67.3 Å². The average molecular weight is 429 g/mol. The number of amides is 1. The molecule has 9 heteroatoms. The number of fused-ring (bicyclic) bond motifs is 1. The molecular weight excluding hydrogens is 404 g/mol. The van der Waals surface area contributed by atoms with E-state index in [-0.39, 0.29) is 6.04 Å². The third-order valence-corrected chi connectivity index (χ3v) is 5.92. The largest absolute Gasteiger partial charge is 0.343 e. The number of anilines is 2. The summed E-state index contributed by atoms with van der Waals surface area (Å²) >= 11 is 0. The van der Waals surface area contributed by atoms with Crippen molar-refractivity contribution in [3.05, 3.63) is 60.7 Å². The van der Waals surface area contributed by atoms with Crippen molar-refractivity contribution in [1.82, 2.24) is 34.7 Å². The van der Waals surface area contributed by atoms with Gasteiger partial charge in [-0.05, 0) is 42.8 Å². The Labute approximate surface area is 185 Å². The zero-order chi connectivity index (χ0) is 21.9. The Balaban J connectivity index is 1.32. The summed E-state index contributed by atoms with van der Waals surface area (Å²) in [6.07, 6.45) is 6.02. The van der Waals surface area contributed by atoms with Crippen molar-refractivity contribution in [2.75, 3.05) is 31.5 Å². The van der Waals surface area contributed by atoms with Crippen LogP contribution in [0.4, 0.5) is 11.8 Å². The topological polar surface area (TPSA) is 103 Å². The molecule has 1 fully saturated rings. The number of nitrogens with one attached hydrogen (secondary N) is 2. The molecule has 0 bridgehead atoms. The molecule has 9 nitrogen and oxygen atoms in total. The fourth-order valence-electron chi connectivity index (χ4n) is 4.03. The number of rotatable bonds is 6. The van der Waals surface area contributed by atoms with E-state index in [1.165, 1.54) is 5.56 Å². The van der Waals surface area contributed by atoms with E-state index in [4.69, 9.17) is 0 Å². The Bertz CT molecular complexity index is 1220. The number of pyridine rings is 1. The van der Waals surface area contributed by atoms with Gasteiger partial charge < -0.3 is 15.2 Å². The lowest BCUT2D eigenvalue weighted by Gasteiger charge is -2.36. The van der Waals surface area contributed by atoms with Gasteiger partial charge in [0.15, 0.2) is 0 Å². The summed E-state index contributed by atoms with van der Waals surface area (Å²) in [6, 6.07) is 12.2. The highest BCUT2D eigenvalue weighted by atomic mass is 16.1. The molecule has 0 aliphatic carbocycles. The molecule has 1 aliphatic heterocycles. The number of carbonyl (C=O) groups excluding carboxylic acids is 1. The van der Waals surface area contributed by atoms with Gasteiger partial charge >= 0.3 is 0 Å². The van der Waals surface area contributed by atoms with Crippen molar-refractivity contribution in [3.8, 4) is 11.3 Å². The molecule has 3 aromatic heterocycles. The van der Waals surface area contributed by atoms with Crippen LogP contribution >= 0.6 is 0 Å². The van der Waals surface area contributed by atoms with E-state index in [0.717, 1.165) is 60.7 Å². The maximum absolute atomic E-state index is 11.0. The predicted molar refractivity (Wildman–Crippen MR) is 122 cm³/mol. The lowest BCUT2D eigenvalue weighted by Crippen LogP contribution is -2.46. The lowest BCUT2D eigenvalue weighted by atomic mass is 10.1. The number of benzene rings is 1. The SMILES string of the molecule is C[C@@H](c1ccnc(Nc2nc3ccc(-c4ccncn4)cc3[nH]2)c1)N1CCN(C=O)CC1. The van der Waals surface area contributed by atoms with Crippen molar-refractivity contribution in [2.24, 2.45) is 0 Å². The van der Waals surface area contributed by atoms with Crippen LogP contribution in [0.1, 0.15) is 18.5 Å². The average Bonchev–Trinajstić information content (AvgIpc) is 3.26. The van der Waals surface area contributed by atoms with Gasteiger partial charge in [-0.25, -0.2) is 19.9 Å². The van der Waals surface area contributed by atoms with Gasteiger partial charge in [0.2, 0.25) is 12.4 Å². The second-order valence-corrected chi connectivity index (χ2v) is 7.86. The minimum Gasteiger partial charge on any atom is -0.343 e. The molecule has 2 N–H and O–H groups in total. The highest BCUT2D eigenvalue weighted by Gasteiger charge is 2.21. The highest BCUT2D eigenvalue weighted by Crippen LogP contribution is 2.26. The van der Waals surface area contributed by atoms with Gasteiger partial charge in [0, 0.05) is 50.2 Å². The highest BCUT2D eigenvalue weighted by molar-refractivity contribution is 5.83. The summed E-state index contributed by atoms with van der Waals surface area (Å²) in [6.45, 7) is 5.44. The molecule has 1 aromatic carbocycles. The van der Waals surface area contributed by atoms with Crippen LogP contribution in [0.15, 0.2) is 55.1 Å². The smallest absolute Gasteiger partial charge is 0.209 e. The molecule has 0 unspecified atom stereocenters. The van der Waals surface area contributed by atoms with Crippen LogP contribution in [0.2, 0.25) is 0 Å². The first-order valence-electron chi connectivity index (χ1n) is 10.6. The third-order valence-electron chi connectivity index (χ3n) is 5.92. The Morgan fingerprint density at radius 3 is 2.72 bits per heavy atom. The number of carbonyl (C=O) groups is 1. The fraction of sp³-hybridized carbons (Fsp3) is 0.261. The molecule has 1 amide bonds. The van der Waals surface area contributed by atoms with Gasteiger partial charge in [-0.3, -0.25) is 9.69 Å². The Kier molecular flexibility index (Phi) is 5.47. The molecule has 32 heavy (non-hydrogen) atoms.